The van der Waals surface area contributed by atoms with E-state index in [9.17, 15) is 0 Å². The van der Waals surface area contributed by atoms with Crippen LogP contribution in [0.1, 0.15) is 0 Å². The summed E-state index contributed by atoms with van der Waals surface area (Å²) in [6, 6.07) is 76.8. The molecule has 2 nitrogen and oxygen atoms in total. The normalized spacial score (nSPS) is 11.7. The lowest BCUT2D eigenvalue weighted by atomic mass is 9.94. The highest BCUT2D eigenvalue weighted by molar-refractivity contribution is 7.26. The van der Waals surface area contributed by atoms with Crippen LogP contribution in [0, 0.1) is 0 Å². The van der Waals surface area contributed by atoms with Crippen molar-refractivity contribution >= 4 is 92.1 Å². The molecule has 0 N–H and O–H groups in total. The number of anilines is 3. The summed E-state index contributed by atoms with van der Waals surface area (Å²) >= 11 is 1.89. The molecule has 3 heteroatoms. The molecule has 0 fully saturated rings. The van der Waals surface area contributed by atoms with Crippen LogP contribution >= 0.6 is 11.3 Å². The number of nitrogens with zero attached hydrogens (tertiary/aromatic N) is 1. The predicted octanol–water partition coefficient (Wildman–Crippen LogP) is 16.7. The lowest BCUT2D eigenvalue weighted by Crippen LogP contribution is -2.09. The highest BCUT2D eigenvalue weighted by atomic mass is 32.1. The fourth-order valence-electron chi connectivity index (χ4n) is 8.99. The van der Waals surface area contributed by atoms with Gasteiger partial charge in [-0.15, -0.1) is 11.3 Å². The van der Waals surface area contributed by atoms with Gasteiger partial charge in [-0.3, -0.25) is 0 Å². The zero-order valence-corrected chi connectivity index (χ0v) is 32.8. The Morgan fingerprint density at radius 2 is 0.881 bits per heavy atom. The lowest BCUT2D eigenvalue weighted by Gasteiger charge is -2.26. The number of furan rings is 1. The van der Waals surface area contributed by atoms with E-state index in [1.807, 2.05) is 17.4 Å². The summed E-state index contributed by atoms with van der Waals surface area (Å²) in [6.45, 7) is 0. The fourth-order valence-corrected chi connectivity index (χ4v) is 10.3. The second-order valence-corrected chi connectivity index (χ2v) is 16.3. The molecule has 0 amide bonds. The average molecular weight is 770 g/mol. The van der Waals surface area contributed by atoms with Crippen LogP contribution in [0.3, 0.4) is 0 Å². The minimum atomic E-state index is 0.907. The van der Waals surface area contributed by atoms with Crippen LogP contribution in [0.2, 0.25) is 0 Å². The molecule has 59 heavy (non-hydrogen) atoms. The van der Waals surface area contributed by atoms with E-state index >= 15 is 0 Å². The van der Waals surface area contributed by atoms with E-state index in [-0.39, 0.29) is 0 Å². The second-order valence-electron chi connectivity index (χ2n) is 15.3. The minimum absolute atomic E-state index is 0.907. The number of thiophene rings is 1. The first-order valence-electron chi connectivity index (χ1n) is 20.1. The zero-order chi connectivity index (χ0) is 38.9. The Bertz CT molecular complexity index is 3530. The van der Waals surface area contributed by atoms with Crippen molar-refractivity contribution in [2.75, 3.05) is 4.90 Å². The molecule has 10 aromatic carbocycles. The molecular weight excluding hydrogens is 735 g/mol. The summed E-state index contributed by atoms with van der Waals surface area (Å²) in [5, 5.41) is 9.98. The number of para-hydroxylation sites is 1. The van der Waals surface area contributed by atoms with Gasteiger partial charge in [0.1, 0.15) is 11.2 Å². The van der Waals surface area contributed by atoms with Crippen LogP contribution in [0.15, 0.2) is 217 Å². The molecule has 0 radical (unpaired) electrons. The summed E-state index contributed by atoms with van der Waals surface area (Å²) in [5.41, 5.74) is 12.2. The van der Waals surface area contributed by atoms with Crippen molar-refractivity contribution in [2.24, 2.45) is 0 Å². The van der Waals surface area contributed by atoms with Crippen LogP contribution in [-0.4, -0.2) is 0 Å². The quantitative estimate of drug-likeness (QED) is 0.167. The Morgan fingerprint density at radius 1 is 0.339 bits per heavy atom. The van der Waals surface area contributed by atoms with Crippen molar-refractivity contribution in [3.05, 3.63) is 212 Å². The van der Waals surface area contributed by atoms with Crippen molar-refractivity contribution in [2.45, 2.75) is 0 Å². The molecule has 0 saturated heterocycles. The monoisotopic (exact) mass is 769 g/mol. The molecule has 2 aromatic heterocycles. The van der Waals surface area contributed by atoms with E-state index in [1.165, 1.54) is 69.4 Å². The molecular formula is C56H35NOS. The van der Waals surface area contributed by atoms with Crippen molar-refractivity contribution in [1.29, 1.82) is 0 Å². The molecule has 2 heterocycles. The highest BCUT2D eigenvalue weighted by Crippen LogP contribution is 2.43. The molecule has 0 atom stereocenters. The molecule has 12 aromatic rings. The van der Waals surface area contributed by atoms with Gasteiger partial charge in [0, 0.05) is 48.0 Å². The van der Waals surface area contributed by atoms with Crippen molar-refractivity contribution < 1.29 is 4.42 Å². The average Bonchev–Trinajstić information content (AvgIpc) is 3.88. The van der Waals surface area contributed by atoms with Gasteiger partial charge in [0.05, 0.1) is 0 Å². The third kappa shape index (κ3) is 5.62. The first-order chi connectivity index (χ1) is 29.2. The third-order valence-corrected chi connectivity index (χ3v) is 13.1. The summed E-state index contributed by atoms with van der Waals surface area (Å²) < 4.78 is 9.09. The van der Waals surface area contributed by atoms with Gasteiger partial charge in [0.25, 0.3) is 0 Å². The number of hydrogen-bond acceptors (Lipinski definition) is 3. The molecule has 0 saturated carbocycles. The van der Waals surface area contributed by atoms with Crippen LogP contribution in [0.4, 0.5) is 17.1 Å². The largest absolute Gasteiger partial charge is 0.456 e. The fraction of sp³-hybridized carbons (Fsp3) is 0. The van der Waals surface area contributed by atoms with Crippen LogP contribution < -0.4 is 4.90 Å². The Kier molecular flexibility index (Phi) is 7.75. The van der Waals surface area contributed by atoms with Gasteiger partial charge in [-0.25, -0.2) is 0 Å². The first-order valence-corrected chi connectivity index (χ1v) is 20.9. The molecule has 0 spiro atoms. The minimum Gasteiger partial charge on any atom is -0.456 e. The van der Waals surface area contributed by atoms with E-state index in [0.29, 0.717) is 0 Å². The van der Waals surface area contributed by atoms with Crippen LogP contribution in [-0.2, 0) is 0 Å². The van der Waals surface area contributed by atoms with E-state index in [0.717, 1.165) is 44.7 Å². The van der Waals surface area contributed by atoms with Gasteiger partial charge in [0.15, 0.2) is 0 Å². The van der Waals surface area contributed by atoms with Gasteiger partial charge in [0.2, 0.25) is 0 Å². The highest BCUT2D eigenvalue weighted by Gasteiger charge is 2.18. The van der Waals surface area contributed by atoms with Gasteiger partial charge in [-0.2, -0.15) is 0 Å². The molecule has 0 unspecified atom stereocenters. The van der Waals surface area contributed by atoms with Crippen molar-refractivity contribution in [3.8, 4) is 33.4 Å². The smallest absolute Gasteiger partial charge is 0.136 e. The van der Waals surface area contributed by atoms with E-state index in [2.05, 4.69) is 211 Å². The number of fused-ring (bicyclic) bond motifs is 10. The SMILES string of the molecule is c1ccc(-c2ccc(N(c3ccc(-c4ccc5c(c4)sc4c6ccccc6ccc54)cc3)c3ccc(-c4cc5oc6ccccc6c5c5ccccc45)cc3)cc2)cc1. The third-order valence-electron chi connectivity index (χ3n) is 11.9. The van der Waals surface area contributed by atoms with E-state index < -0.39 is 0 Å². The zero-order valence-electron chi connectivity index (χ0n) is 32.0. The van der Waals surface area contributed by atoms with Crippen molar-refractivity contribution in [1.82, 2.24) is 0 Å². The Balaban J connectivity index is 0.938. The molecule has 0 aliphatic carbocycles. The topological polar surface area (TPSA) is 16.4 Å². The van der Waals surface area contributed by atoms with Gasteiger partial charge in [-0.05, 0) is 110 Å². The standard InChI is InChI=1S/C56H35NOS/c1-2-10-36(11-3-1)37-18-26-42(27-19-37)57(43-28-20-38(21-29-43)41-25-32-47-49-33-24-39-12-4-5-13-45(39)56(49)59-54(47)34-41)44-30-22-40(23-31-44)51-35-53-55(48-15-7-6-14-46(48)51)50-16-8-9-17-52(50)58-53/h1-35H. The molecule has 12 rings (SSSR count). The lowest BCUT2D eigenvalue weighted by molar-refractivity contribution is 0.669. The number of rotatable bonds is 6. The van der Waals surface area contributed by atoms with Gasteiger partial charge in [-0.1, -0.05) is 158 Å². The number of benzene rings is 10. The maximum atomic E-state index is 6.43. The summed E-state index contributed by atoms with van der Waals surface area (Å²) in [4.78, 5) is 2.35. The van der Waals surface area contributed by atoms with E-state index in [4.69, 9.17) is 4.42 Å². The molecule has 0 bridgehead atoms. The Labute approximate surface area is 345 Å². The van der Waals surface area contributed by atoms with Gasteiger partial charge < -0.3 is 9.32 Å². The second kappa shape index (κ2) is 13.6. The summed E-state index contributed by atoms with van der Waals surface area (Å²) in [6.07, 6.45) is 0. The summed E-state index contributed by atoms with van der Waals surface area (Å²) in [7, 11) is 0. The van der Waals surface area contributed by atoms with E-state index in [1.54, 1.807) is 0 Å². The van der Waals surface area contributed by atoms with Gasteiger partial charge >= 0.3 is 0 Å². The van der Waals surface area contributed by atoms with Crippen molar-refractivity contribution in [3.63, 3.8) is 0 Å². The first kappa shape index (κ1) is 33.7. The Morgan fingerprint density at radius 3 is 1.61 bits per heavy atom. The maximum Gasteiger partial charge on any atom is 0.136 e. The predicted molar refractivity (Wildman–Crippen MR) is 253 cm³/mol. The molecule has 0 aliphatic rings. The van der Waals surface area contributed by atoms with Crippen LogP contribution in [0.25, 0.3) is 97.0 Å². The van der Waals surface area contributed by atoms with Crippen LogP contribution in [0.5, 0.6) is 0 Å². The molecule has 0 aliphatic heterocycles. The Hall–Kier alpha value is -7.46. The summed E-state index contributed by atoms with van der Waals surface area (Å²) in [5.74, 6) is 0. The maximum absolute atomic E-state index is 6.43. The number of hydrogen-bond donors (Lipinski definition) is 0. The molecule has 276 valence electrons.